The highest BCUT2D eigenvalue weighted by atomic mass is 35.5. The van der Waals surface area contributed by atoms with Gasteiger partial charge in [0.1, 0.15) is 11.5 Å². The van der Waals surface area contributed by atoms with Crippen molar-refractivity contribution in [2.24, 2.45) is 0 Å². The molecule has 0 aromatic rings. The SMILES string of the molecule is FCC=C(Cl)C(Cl)Cl. The van der Waals surface area contributed by atoms with Gasteiger partial charge in [-0.05, 0) is 6.08 Å². The number of halogens is 4. The molecule has 48 valence electrons. The lowest BCUT2D eigenvalue weighted by molar-refractivity contribution is 0.561. The minimum Gasteiger partial charge on any atom is -0.247 e. The normalized spacial score (nSPS) is 12.9. The Kier molecular flexibility index (Phi) is 4.72. The van der Waals surface area contributed by atoms with E-state index in [1.54, 1.807) is 0 Å². The maximum absolute atomic E-state index is 11.3. The fourth-order valence-electron chi connectivity index (χ4n) is 0.163. The third kappa shape index (κ3) is 3.53. The molecule has 0 aliphatic carbocycles. The second kappa shape index (κ2) is 4.42. The molecule has 0 spiro atoms. The third-order valence-corrected chi connectivity index (χ3v) is 1.55. The van der Waals surface area contributed by atoms with Crippen molar-refractivity contribution in [2.75, 3.05) is 6.67 Å². The highest BCUT2D eigenvalue weighted by molar-refractivity contribution is 6.52. The largest absolute Gasteiger partial charge is 0.247 e. The summed E-state index contributed by atoms with van der Waals surface area (Å²) in [6.45, 7) is -0.630. The monoisotopic (exact) mass is 176 g/mol. The topological polar surface area (TPSA) is 0 Å². The van der Waals surface area contributed by atoms with E-state index in [4.69, 9.17) is 34.8 Å². The van der Waals surface area contributed by atoms with E-state index in [9.17, 15) is 4.39 Å². The summed E-state index contributed by atoms with van der Waals surface area (Å²) >= 11 is 15.7. The molecule has 0 amide bonds. The molecule has 0 unspecified atom stereocenters. The van der Waals surface area contributed by atoms with Crippen molar-refractivity contribution in [3.05, 3.63) is 11.1 Å². The molecule has 0 radical (unpaired) electrons. The molecule has 0 fully saturated rings. The average Bonchev–Trinajstić information content (AvgIpc) is 1.67. The zero-order valence-electron chi connectivity index (χ0n) is 3.87. The van der Waals surface area contributed by atoms with Gasteiger partial charge in [0.05, 0.1) is 0 Å². The van der Waals surface area contributed by atoms with E-state index in [0.29, 0.717) is 0 Å². The molecule has 4 heteroatoms. The van der Waals surface area contributed by atoms with Gasteiger partial charge in [0.15, 0.2) is 0 Å². The number of alkyl halides is 3. The Morgan fingerprint density at radius 1 is 1.62 bits per heavy atom. The fourth-order valence-corrected chi connectivity index (χ4v) is 0.399. The maximum Gasteiger partial charge on any atom is 0.142 e. The summed E-state index contributed by atoms with van der Waals surface area (Å²) in [5.41, 5.74) is 0. The predicted octanol–water partition coefficient (Wildman–Crippen LogP) is 2.88. The Morgan fingerprint density at radius 2 is 2.12 bits per heavy atom. The molecular weight excluding hydrogens is 173 g/mol. The van der Waals surface area contributed by atoms with Gasteiger partial charge < -0.3 is 0 Å². The Morgan fingerprint density at radius 3 is 2.25 bits per heavy atom. The minimum atomic E-state index is -0.799. The molecule has 0 atom stereocenters. The van der Waals surface area contributed by atoms with Crippen LogP contribution in [0.25, 0.3) is 0 Å². The highest BCUT2D eigenvalue weighted by Gasteiger charge is 2.01. The second-order valence-corrected chi connectivity index (χ2v) is 2.58. The van der Waals surface area contributed by atoms with Gasteiger partial charge in [-0.2, -0.15) is 0 Å². The van der Waals surface area contributed by atoms with Gasteiger partial charge in [-0.3, -0.25) is 0 Å². The number of rotatable bonds is 2. The zero-order valence-corrected chi connectivity index (χ0v) is 6.14. The molecule has 0 saturated carbocycles. The fraction of sp³-hybridized carbons (Fsp3) is 0.500. The first kappa shape index (κ1) is 8.54. The Labute approximate surface area is 62.2 Å². The molecule has 0 aliphatic rings. The molecule has 0 heterocycles. The van der Waals surface area contributed by atoms with Crippen molar-refractivity contribution >= 4 is 34.8 Å². The van der Waals surface area contributed by atoms with Crippen molar-refractivity contribution in [1.82, 2.24) is 0 Å². The van der Waals surface area contributed by atoms with Crippen molar-refractivity contribution < 1.29 is 4.39 Å². The summed E-state index contributed by atoms with van der Waals surface area (Å²) in [7, 11) is 0. The molecule has 0 aromatic carbocycles. The van der Waals surface area contributed by atoms with Crippen LogP contribution in [0.5, 0.6) is 0 Å². The van der Waals surface area contributed by atoms with Crippen molar-refractivity contribution in [2.45, 2.75) is 4.84 Å². The molecular formula is C4H4Cl3F. The number of hydrogen-bond acceptors (Lipinski definition) is 0. The standard InChI is InChI=1S/C4H4Cl3F/c5-3(1-2-8)4(6)7/h1,4H,2H2. The molecule has 0 bridgehead atoms. The predicted molar refractivity (Wildman–Crippen MR) is 35.4 cm³/mol. The maximum atomic E-state index is 11.3. The molecule has 0 saturated heterocycles. The van der Waals surface area contributed by atoms with Crippen LogP contribution in [0.3, 0.4) is 0 Å². The van der Waals surface area contributed by atoms with E-state index >= 15 is 0 Å². The summed E-state index contributed by atoms with van der Waals surface area (Å²) in [5.74, 6) is 0. The number of allylic oxidation sites excluding steroid dienone is 2. The Bertz CT molecular complexity index is 89.3. The van der Waals surface area contributed by atoms with Crippen LogP contribution in [0.2, 0.25) is 0 Å². The molecule has 0 rings (SSSR count). The second-order valence-electron chi connectivity index (χ2n) is 1.04. The quantitative estimate of drug-likeness (QED) is 0.569. The van der Waals surface area contributed by atoms with Crippen molar-refractivity contribution in [3.63, 3.8) is 0 Å². The van der Waals surface area contributed by atoms with Gasteiger partial charge in [-0.15, -0.1) is 0 Å². The van der Waals surface area contributed by atoms with Crippen LogP contribution in [0, 0.1) is 0 Å². The van der Waals surface area contributed by atoms with Gasteiger partial charge in [0.25, 0.3) is 0 Å². The van der Waals surface area contributed by atoms with Crippen LogP contribution < -0.4 is 0 Å². The number of hydrogen-bond donors (Lipinski definition) is 0. The van der Waals surface area contributed by atoms with Crippen LogP contribution in [0.15, 0.2) is 11.1 Å². The van der Waals surface area contributed by atoms with E-state index in [0.717, 1.165) is 6.08 Å². The van der Waals surface area contributed by atoms with E-state index in [-0.39, 0.29) is 5.03 Å². The van der Waals surface area contributed by atoms with Crippen LogP contribution in [-0.4, -0.2) is 11.5 Å². The molecule has 0 aliphatic heterocycles. The van der Waals surface area contributed by atoms with Crippen LogP contribution in [0.4, 0.5) is 4.39 Å². The first-order valence-corrected chi connectivity index (χ1v) is 3.13. The molecule has 0 aromatic heterocycles. The Balaban J connectivity index is 3.61. The van der Waals surface area contributed by atoms with E-state index < -0.39 is 11.5 Å². The lowest BCUT2D eigenvalue weighted by atomic mass is 10.6. The summed E-state index contributed by atoms with van der Waals surface area (Å²) in [4.78, 5) is -0.799. The minimum absolute atomic E-state index is 0.135. The van der Waals surface area contributed by atoms with Gasteiger partial charge in [0, 0.05) is 5.03 Å². The van der Waals surface area contributed by atoms with Gasteiger partial charge in [0.2, 0.25) is 0 Å². The first-order valence-electron chi connectivity index (χ1n) is 1.88. The van der Waals surface area contributed by atoms with E-state index in [1.165, 1.54) is 0 Å². The van der Waals surface area contributed by atoms with Crippen molar-refractivity contribution in [1.29, 1.82) is 0 Å². The van der Waals surface area contributed by atoms with E-state index in [2.05, 4.69) is 0 Å². The first-order chi connectivity index (χ1) is 3.68. The molecule has 0 N–H and O–H groups in total. The Hall–Kier alpha value is 0.540. The highest BCUT2D eigenvalue weighted by Crippen LogP contribution is 2.17. The molecule has 0 nitrogen and oxygen atoms in total. The van der Waals surface area contributed by atoms with Crippen molar-refractivity contribution in [3.8, 4) is 0 Å². The lowest BCUT2D eigenvalue weighted by Crippen LogP contribution is -1.84. The lowest BCUT2D eigenvalue weighted by Gasteiger charge is -1.93. The summed E-state index contributed by atoms with van der Waals surface area (Å²) in [6.07, 6.45) is 1.12. The van der Waals surface area contributed by atoms with Crippen LogP contribution >= 0.6 is 34.8 Å². The zero-order chi connectivity index (χ0) is 6.57. The molecule has 8 heavy (non-hydrogen) atoms. The summed E-state index contributed by atoms with van der Waals surface area (Å²) in [5, 5.41) is 0.135. The summed E-state index contributed by atoms with van der Waals surface area (Å²) < 4.78 is 11.3. The van der Waals surface area contributed by atoms with Crippen LogP contribution in [-0.2, 0) is 0 Å². The van der Waals surface area contributed by atoms with Gasteiger partial charge in [-0.1, -0.05) is 34.8 Å². The average molecular weight is 177 g/mol. The smallest absolute Gasteiger partial charge is 0.142 e. The van der Waals surface area contributed by atoms with Gasteiger partial charge >= 0.3 is 0 Å². The van der Waals surface area contributed by atoms with Crippen LogP contribution in [0.1, 0.15) is 0 Å². The van der Waals surface area contributed by atoms with Gasteiger partial charge in [-0.25, -0.2) is 4.39 Å². The van der Waals surface area contributed by atoms with E-state index in [1.807, 2.05) is 0 Å². The third-order valence-electron chi connectivity index (χ3n) is 0.481. The summed E-state index contributed by atoms with van der Waals surface area (Å²) in [6, 6.07) is 0.